The predicted molar refractivity (Wildman–Crippen MR) is 60.8 cm³/mol. The van der Waals surface area contributed by atoms with E-state index in [1.807, 2.05) is 0 Å². The quantitative estimate of drug-likeness (QED) is 0.752. The van der Waals surface area contributed by atoms with Gasteiger partial charge in [-0.3, -0.25) is 4.79 Å². The molecule has 0 aromatic heterocycles. The summed E-state index contributed by atoms with van der Waals surface area (Å²) in [5.41, 5.74) is 0. The maximum atomic E-state index is 10.5. The predicted octanol–water partition coefficient (Wildman–Crippen LogP) is 2.12. The van der Waals surface area contributed by atoms with E-state index in [2.05, 4.69) is 26.1 Å². The molecule has 0 heterocycles. The smallest absolute Gasteiger partial charge is 0.317 e. The average Bonchev–Trinajstić information content (AvgIpc) is 2.14. The van der Waals surface area contributed by atoms with Crippen molar-refractivity contribution < 1.29 is 9.90 Å². The highest BCUT2D eigenvalue weighted by Crippen LogP contribution is 2.33. The first-order valence-corrected chi connectivity index (χ1v) is 5.96. The van der Waals surface area contributed by atoms with Crippen LogP contribution in [0.15, 0.2) is 0 Å². The van der Waals surface area contributed by atoms with E-state index in [0.29, 0.717) is 17.9 Å². The molecule has 0 amide bonds. The zero-order chi connectivity index (χ0) is 11.4. The molecule has 0 radical (unpaired) electrons. The second-order valence-electron chi connectivity index (χ2n) is 5.21. The third-order valence-electron chi connectivity index (χ3n) is 3.54. The zero-order valence-electron chi connectivity index (χ0n) is 9.99. The molecule has 0 bridgehead atoms. The van der Waals surface area contributed by atoms with Crippen molar-refractivity contribution in [2.75, 3.05) is 6.54 Å². The van der Waals surface area contributed by atoms with Crippen LogP contribution in [0.4, 0.5) is 0 Å². The monoisotopic (exact) mass is 213 g/mol. The van der Waals surface area contributed by atoms with Crippen LogP contribution in [0.5, 0.6) is 0 Å². The normalized spacial score (nSPS) is 31.9. The lowest BCUT2D eigenvalue weighted by molar-refractivity contribution is -0.136. The summed E-state index contributed by atoms with van der Waals surface area (Å²) in [5.74, 6) is 1.26. The number of hydrogen-bond acceptors (Lipinski definition) is 2. The molecule has 0 saturated heterocycles. The molecule has 0 aliphatic heterocycles. The number of hydrogen-bond donors (Lipinski definition) is 2. The van der Waals surface area contributed by atoms with E-state index >= 15 is 0 Å². The first-order chi connectivity index (χ1) is 7.00. The zero-order valence-corrected chi connectivity index (χ0v) is 9.99. The molecule has 88 valence electrons. The van der Waals surface area contributed by atoms with Crippen LogP contribution in [-0.2, 0) is 4.79 Å². The third kappa shape index (κ3) is 3.82. The Morgan fingerprint density at radius 2 is 2.13 bits per heavy atom. The fraction of sp³-hybridized carbons (Fsp3) is 0.917. The van der Waals surface area contributed by atoms with Crippen LogP contribution < -0.4 is 5.32 Å². The van der Waals surface area contributed by atoms with Crippen molar-refractivity contribution in [1.82, 2.24) is 5.32 Å². The van der Waals surface area contributed by atoms with E-state index in [4.69, 9.17) is 5.11 Å². The Hall–Kier alpha value is -0.570. The molecule has 15 heavy (non-hydrogen) atoms. The fourth-order valence-corrected chi connectivity index (χ4v) is 2.66. The van der Waals surface area contributed by atoms with Gasteiger partial charge >= 0.3 is 5.97 Å². The van der Waals surface area contributed by atoms with Gasteiger partial charge in [0.1, 0.15) is 0 Å². The molecule has 3 heteroatoms. The van der Waals surface area contributed by atoms with Gasteiger partial charge in [-0.05, 0) is 30.6 Å². The summed E-state index contributed by atoms with van der Waals surface area (Å²) in [7, 11) is 0. The maximum Gasteiger partial charge on any atom is 0.317 e. The van der Waals surface area contributed by atoms with Crippen molar-refractivity contribution in [1.29, 1.82) is 0 Å². The number of aliphatic carboxylic acids is 1. The van der Waals surface area contributed by atoms with Gasteiger partial charge in [-0.15, -0.1) is 0 Å². The van der Waals surface area contributed by atoms with Crippen molar-refractivity contribution in [3.8, 4) is 0 Å². The van der Waals surface area contributed by atoms with Crippen LogP contribution in [0.1, 0.15) is 40.0 Å². The van der Waals surface area contributed by atoms with Gasteiger partial charge in [0.25, 0.3) is 0 Å². The van der Waals surface area contributed by atoms with Crippen LogP contribution in [0.2, 0.25) is 0 Å². The molecule has 1 aliphatic rings. The number of rotatable bonds is 4. The molecule has 1 aliphatic carbocycles. The highest BCUT2D eigenvalue weighted by molar-refractivity contribution is 5.69. The molecule has 3 unspecified atom stereocenters. The van der Waals surface area contributed by atoms with Crippen LogP contribution in [0, 0.1) is 17.8 Å². The Labute approximate surface area is 92.3 Å². The third-order valence-corrected chi connectivity index (χ3v) is 3.54. The van der Waals surface area contributed by atoms with Gasteiger partial charge in [0.15, 0.2) is 0 Å². The molecule has 0 aromatic rings. The lowest BCUT2D eigenvalue weighted by Crippen LogP contribution is -2.44. The molecule has 2 N–H and O–H groups in total. The standard InChI is InChI=1S/C12H23NO2/c1-8(2)10-5-4-9(3)6-11(10)13-7-12(14)15/h8-11,13H,4-7H2,1-3H3,(H,14,15). The minimum Gasteiger partial charge on any atom is -0.480 e. The Morgan fingerprint density at radius 1 is 1.47 bits per heavy atom. The lowest BCUT2D eigenvalue weighted by atomic mass is 9.74. The van der Waals surface area contributed by atoms with Crippen LogP contribution in [0.3, 0.4) is 0 Å². The molecular weight excluding hydrogens is 190 g/mol. The van der Waals surface area contributed by atoms with E-state index in [9.17, 15) is 4.79 Å². The first kappa shape index (κ1) is 12.5. The Bertz CT molecular complexity index is 216. The summed E-state index contributed by atoms with van der Waals surface area (Å²) in [4.78, 5) is 10.5. The highest BCUT2D eigenvalue weighted by atomic mass is 16.4. The van der Waals surface area contributed by atoms with Crippen LogP contribution in [-0.4, -0.2) is 23.7 Å². The lowest BCUT2D eigenvalue weighted by Gasteiger charge is -2.37. The van der Waals surface area contributed by atoms with Crippen molar-refractivity contribution in [3.05, 3.63) is 0 Å². The maximum absolute atomic E-state index is 10.5. The summed E-state index contributed by atoms with van der Waals surface area (Å²) in [5, 5.41) is 11.9. The molecular formula is C12H23NO2. The SMILES string of the molecule is CC1CCC(C(C)C)C(NCC(=O)O)C1. The highest BCUT2D eigenvalue weighted by Gasteiger charge is 2.30. The Kier molecular flexibility index (Phi) is 4.58. The summed E-state index contributed by atoms with van der Waals surface area (Å²) >= 11 is 0. The van der Waals surface area contributed by atoms with E-state index in [0.717, 1.165) is 12.3 Å². The van der Waals surface area contributed by atoms with Crippen LogP contribution >= 0.6 is 0 Å². The number of carboxylic acids is 1. The van der Waals surface area contributed by atoms with E-state index in [-0.39, 0.29) is 6.54 Å². The molecule has 1 rings (SSSR count). The van der Waals surface area contributed by atoms with Gasteiger partial charge in [-0.1, -0.05) is 27.2 Å². The van der Waals surface area contributed by atoms with E-state index in [1.165, 1.54) is 12.8 Å². The van der Waals surface area contributed by atoms with Gasteiger partial charge in [-0.2, -0.15) is 0 Å². The van der Waals surface area contributed by atoms with Crippen LogP contribution in [0.25, 0.3) is 0 Å². The van der Waals surface area contributed by atoms with Gasteiger partial charge < -0.3 is 10.4 Å². The summed E-state index contributed by atoms with van der Waals surface area (Å²) in [6.45, 7) is 6.82. The van der Waals surface area contributed by atoms with Crippen molar-refractivity contribution in [3.63, 3.8) is 0 Å². The largest absolute Gasteiger partial charge is 0.480 e. The molecule has 0 spiro atoms. The Balaban J connectivity index is 2.50. The minimum atomic E-state index is -0.754. The molecule has 3 atom stereocenters. The summed E-state index contributed by atoms with van der Waals surface area (Å²) in [6, 6.07) is 0.393. The molecule has 3 nitrogen and oxygen atoms in total. The molecule has 1 fully saturated rings. The molecule has 0 aromatic carbocycles. The fourth-order valence-electron chi connectivity index (χ4n) is 2.66. The second-order valence-corrected chi connectivity index (χ2v) is 5.21. The minimum absolute atomic E-state index is 0.0978. The number of carboxylic acid groups (broad SMARTS) is 1. The van der Waals surface area contributed by atoms with Gasteiger partial charge in [0.05, 0.1) is 6.54 Å². The first-order valence-electron chi connectivity index (χ1n) is 5.96. The average molecular weight is 213 g/mol. The van der Waals surface area contributed by atoms with Gasteiger partial charge in [0, 0.05) is 6.04 Å². The Morgan fingerprint density at radius 3 is 2.67 bits per heavy atom. The van der Waals surface area contributed by atoms with Gasteiger partial charge in [-0.25, -0.2) is 0 Å². The van der Waals surface area contributed by atoms with Gasteiger partial charge in [0.2, 0.25) is 0 Å². The summed E-state index contributed by atoms with van der Waals surface area (Å²) in [6.07, 6.45) is 3.64. The molecule has 1 saturated carbocycles. The number of carbonyl (C=O) groups is 1. The van der Waals surface area contributed by atoms with Crippen molar-refractivity contribution >= 4 is 5.97 Å². The van der Waals surface area contributed by atoms with Crippen molar-refractivity contribution in [2.45, 2.75) is 46.1 Å². The number of nitrogens with one attached hydrogen (secondary N) is 1. The van der Waals surface area contributed by atoms with E-state index < -0.39 is 5.97 Å². The van der Waals surface area contributed by atoms with E-state index in [1.54, 1.807) is 0 Å². The summed E-state index contributed by atoms with van der Waals surface area (Å²) < 4.78 is 0. The van der Waals surface area contributed by atoms with Crippen molar-refractivity contribution in [2.24, 2.45) is 17.8 Å². The topological polar surface area (TPSA) is 49.3 Å². The second kappa shape index (κ2) is 5.50.